The molecule has 27 heavy (non-hydrogen) atoms. The monoisotopic (exact) mass is 372 g/mol. The van der Waals surface area contributed by atoms with Gasteiger partial charge in [-0.3, -0.25) is 24.1 Å². The van der Waals surface area contributed by atoms with Crippen LogP contribution in [-0.2, 0) is 23.9 Å². The van der Waals surface area contributed by atoms with E-state index in [-0.39, 0.29) is 29.7 Å². The third-order valence-electron chi connectivity index (χ3n) is 5.26. The van der Waals surface area contributed by atoms with Gasteiger partial charge in [-0.15, -0.1) is 0 Å². The number of imide groups is 1. The van der Waals surface area contributed by atoms with Gasteiger partial charge in [0.25, 0.3) is 5.91 Å². The molecule has 0 spiro atoms. The molecule has 144 valence electrons. The van der Waals surface area contributed by atoms with Crippen molar-refractivity contribution in [3.8, 4) is 0 Å². The Hall–Kier alpha value is -2.70. The molecular weight excluding hydrogens is 348 g/mol. The first-order valence-electron chi connectivity index (χ1n) is 9.32. The van der Waals surface area contributed by atoms with Crippen molar-refractivity contribution < 1.29 is 23.9 Å². The largest absolute Gasteiger partial charge is 0.454 e. The molecule has 3 atom stereocenters. The Morgan fingerprint density at radius 2 is 1.70 bits per heavy atom. The Kier molecular flexibility index (Phi) is 5.88. The van der Waals surface area contributed by atoms with E-state index in [9.17, 15) is 19.2 Å². The van der Waals surface area contributed by atoms with Crippen molar-refractivity contribution in [3.05, 3.63) is 35.9 Å². The first-order chi connectivity index (χ1) is 13.0. The number of nitrogens with zero attached hydrogens (tertiary/aromatic N) is 1. The topological polar surface area (TPSA) is 92.8 Å². The first kappa shape index (κ1) is 19.1. The molecule has 0 radical (unpaired) electrons. The van der Waals surface area contributed by atoms with Crippen LogP contribution in [0.3, 0.4) is 0 Å². The lowest BCUT2D eigenvalue weighted by Gasteiger charge is -2.19. The second-order valence-electron chi connectivity index (χ2n) is 7.12. The molecule has 1 aromatic carbocycles. The zero-order chi connectivity index (χ0) is 19.4. The van der Waals surface area contributed by atoms with Crippen LogP contribution in [0.1, 0.15) is 44.2 Å². The molecule has 1 saturated carbocycles. The van der Waals surface area contributed by atoms with Gasteiger partial charge in [0.15, 0.2) is 6.61 Å². The van der Waals surface area contributed by atoms with Crippen molar-refractivity contribution in [2.75, 3.05) is 13.2 Å². The summed E-state index contributed by atoms with van der Waals surface area (Å²) in [6, 6.07) is 9.19. The van der Waals surface area contributed by atoms with E-state index < -0.39 is 25.0 Å². The van der Waals surface area contributed by atoms with Gasteiger partial charge in [0, 0.05) is 0 Å². The lowest BCUT2D eigenvalue weighted by Crippen LogP contribution is -2.38. The molecule has 3 rings (SSSR count). The number of amides is 3. The van der Waals surface area contributed by atoms with Gasteiger partial charge in [0.05, 0.1) is 17.9 Å². The standard InChI is InChI=1S/C20H24N2O5/c1-13(14-7-3-2-4-8-14)21-17(23)12-27-18(24)11-22-19(25)15-9-5-6-10-16(15)20(22)26/h2-4,7-8,13,15-16H,5-6,9-12H2,1H3,(H,21,23)/t13-,15-,16+/m1/s1. The molecule has 3 amide bonds. The third kappa shape index (κ3) is 4.35. The molecule has 1 aromatic rings. The second-order valence-corrected chi connectivity index (χ2v) is 7.12. The Morgan fingerprint density at radius 3 is 2.30 bits per heavy atom. The molecule has 0 bridgehead atoms. The van der Waals surface area contributed by atoms with Crippen molar-refractivity contribution in [2.45, 2.75) is 38.6 Å². The average molecular weight is 372 g/mol. The normalized spacial score (nSPS) is 22.9. The van der Waals surface area contributed by atoms with Crippen LogP contribution in [0.25, 0.3) is 0 Å². The highest BCUT2D eigenvalue weighted by Gasteiger charge is 2.48. The summed E-state index contributed by atoms with van der Waals surface area (Å²) >= 11 is 0. The number of ether oxygens (including phenoxy) is 1. The number of carbonyl (C=O) groups is 4. The minimum Gasteiger partial charge on any atom is -0.454 e. The molecule has 1 aliphatic carbocycles. The lowest BCUT2D eigenvalue weighted by atomic mass is 9.81. The molecule has 2 fully saturated rings. The molecule has 1 aliphatic heterocycles. The molecule has 0 unspecified atom stereocenters. The maximum absolute atomic E-state index is 12.3. The van der Waals surface area contributed by atoms with Crippen molar-refractivity contribution in [1.29, 1.82) is 0 Å². The quantitative estimate of drug-likeness (QED) is 0.605. The Balaban J connectivity index is 1.46. The molecule has 2 aliphatic rings. The zero-order valence-electron chi connectivity index (χ0n) is 15.3. The fourth-order valence-corrected chi connectivity index (χ4v) is 3.82. The van der Waals surface area contributed by atoms with Crippen LogP contribution in [0.4, 0.5) is 0 Å². The van der Waals surface area contributed by atoms with Crippen LogP contribution < -0.4 is 5.32 Å². The first-order valence-corrected chi connectivity index (χ1v) is 9.32. The number of benzene rings is 1. The SMILES string of the molecule is C[C@@H](NC(=O)COC(=O)CN1C(=O)[C@H]2CCCC[C@H]2C1=O)c1ccccc1. The summed E-state index contributed by atoms with van der Waals surface area (Å²) in [5, 5.41) is 2.74. The molecule has 7 nitrogen and oxygen atoms in total. The predicted octanol–water partition coefficient (Wildman–Crippen LogP) is 1.58. The Morgan fingerprint density at radius 1 is 1.11 bits per heavy atom. The maximum Gasteiger partial charge on any atom is 0.326 e. The summed E-state index contributed by atoms with van der Waals surface area (Å²) < 4.78 is 4.96. The van der Waals surface area contributed by atoms with Gasteiger partial charge in [-0.05, 0) is 25.3 Å². The van der Waals surface area contributed by atoms with E-state index in [0.717, 1.165) is 23.3 Å². The van der Waals surface area contributed by atoms with E-state index in [2.05, 4.69) is 5.32 Å². The third-order valence-corrected chi connectivity index (χ3v) is 5.26. The number of rotatable bonds is 6. The molecule has 1 N–H and O–H groups in total. The number of likely N-dealkylation sites (tertiary alicyclic amines) is 1. The molecule has 7 heteroatoms. The van der Waals surface area contributed by atoms with Crippen LogP contribution in [0, 0.1) is 11.8 Å². The molecule has 1 saturated heterocycles. The van der Waals surface area contributed by atoms with Crippen LogP contribution in [0.5, 0.6) is 0 Å². The van der Waals surface area contributed by atoms with Crippen molar-refractivity contribution in [2.24, 2.45) is 11.8 Å². The molecular formula is C20H24N2O5. The van der Waals surface area contributed by atoms with E-state index in [1.807, 2.05) is 37.3 Å². The lowest BCUT2D eigenvalue weighted by molar-refractivity contribution is -0.155. The van der Waals surface area contributed by atoms with Crippen LogP contribution in [0.15, 0.2) is 30.3 Å². The summed E-state index contributed by atoms with van der Waals surface area (Å²) in [7, 11) is 0. The molecule has 1 heterocycles. The minimum absolute atomic E-state index is 0.220. The van der Waals surface area contributed by atoms with E-state index in [0.29, 0.717) is 12.8 Å². The van der Waals surface area contributed by atoms with Crippen LogP contribution in [0.2, 0.25) is 0 Å². The van der Waals surface area contributed by atoms with Gasteiger partial charge in [-0.1, -0.05) is 43.2 Å². The fourth-order valence-electron chi connectivity index (χ4n) is 3.82. The number of fused-ring (bicyclic) bond motifs is 1. The van der Waals surface area contributed by atoms with Crippen molar-refractivity contribution in [3.63, 3.8) is 0 Å². The zero-order valence-corrected chi connectivity index (χ0v) is 15.3. The summed E-state index contributed by atoms with van der Waals surface area (Å²) in [5.41, 5.74) is 0.938. The highest BCUT2D eigenvalue weighted by Crippen LogP contribution is 2.37. The minimum atomic E-state index is -0.752. The molecule has 0 aromatic heterocycles. The van der Waals surface area contributed by atoms with E-state index in [1.165, 1.54) is 0 Å². The van der Waals surface area contributed by atoms with Gasteiger partial charge >= 0.3 is 5.97 Å². The average Bonchev–Trinajstić information content (AvgIpc) is 2.92. The Labute approximate surface area is 158 Å². The van der Waals surface area contributed by atoms with E-state index in [1.54, 1.807) is 0 Å². The fraction of sp³-hybridized carbons (Fsp3) is 0.500. The van der Waals surface area contributed by atoms with Gasteiger partial charge in [-0.25, -0.2) is 0 Å². The van der Waals surface area contributed by atoms with E-state index in [4.69, 9.17) is 4.74 Å². The Bertz CT molecular complexity index is 709. The smallest absolute Gasteiger partial charge is 0.326 e. The number of hydrogen-bond donors (Lipinski definition) is 1. The van der Waals surface area contributed by atoms with Gasteiger partial charge < -0.3 is 10.1 Å². The number of hydrogen-bond acceptors (Lipinski definition) is 5. The van der Waals surface area contributed by atoms with E-state index >= 15 is 0 Å². The summed E-state index contributed by atoms with van der Waals surface area (Å²) in [6.45, 7) is 0.962. The van der Waals surface area contributed by atoms with Gasteiger partial charge in [0.1, 0.15) is 6.54 Å². The summed E-state index contributed by atoms with van der Waals surface area (Å²) in [6.07, 6.45) is 3.25. The number of carbonyl (C=O) groups excluding carboxylic acids is 4. The van der Waals surface area contributed by atoms with Crippen molar-refractivity contribution in [1.82, 2.24) is 10.2 Å². The number of nitrogens with one attached hydrogen (secondary N) is 1. The van der Waals surface area contributed by atoms with Gasteiger partial charge in [0.2, 0.25) is 11.8 Å². The highest BCUT2D eigenvalue weighted by atomic mass is 16.5. The second kappa shape index (κ2) is 8.33. The highest BCUT2D eigenvalue weighted by molar-refractivity contribution is 6.07. The van der Waals surface area contributed by atoms with Gasteiger partial charge in [-0.2, -0.15) is 0 Å². The predicted molar refractivity (Wildman–Crippen MR) is 96.1 cm³/mol. The summed E-state index contributed by atoms with van der Waals surface area (Å²) in [5.74, 6) is -2.36. The van der Waals surface area contributed by atoms with Crippen molar-refractivity contribution >= 4 is 23.7 Å². The number of esters is 1. The van der Waals surface area contributed by atoms with Crippen LogP contribution in [-0.4, -0.2) is 41.7 Å². The summed E-state index contributed by atoms with van der Waals surface area (Å²) in [4.78, 5) is 49.7. The maximum atomic E-state index is 12.3. The van der Waals surface area contributed by atoms with Crippen LogP contribution >= 0.6 is 0 Å².